The van der Waals surface area contributed by atoms with Gasteiger partial charge in [-0.05, 0) is 16.7 Å². The molecule has 1 heterocycles. The second kappa shape index (κ2) is 12.9. The van der Waals surface area contributed by atoms with E-state index < -0.39 is 54.2 Å². The first-order valence-electron chi connectivity index (χ1n) is 12.9. The second-order valence-electron chi connectivity index (χ2n) is 9.38. The highest BCUT2D eigenvalue weighted by Gasteiger charge is 2.52. The number of rotatable bonds is 9. The fourth-order valence-electron chi connectivity index (χ4n) is 4.98. The number of aliphatic hydroxyl groups excluding tert-OH is 1. The van der Waals surface area contributed by atoms with Crippen molar-refractivity contribution in [3.63, 3.8) is 0 Å². The van der Waals surface area contributed by atoms with Gasteiger partial charge in [0.25, 0.3) is 0 Å². The van der Waals surface area contributed by atoms with Gasteiger partial charge in [0.2, 0.25) is 0 Å². The first-order valence-corrected chi connectivity index (χ1v) is 12.9. The van der Waals surface area contributed by atoms with E-state index in [-0.39, 0.29) is 6.61 Å². The van der Waals surface area contributed by atoms with Gasteiger partial charge in [-0.25, -0.2) is 0 Å². The van der Waals surface area contributed by atoms with Crippen LogP contribution in [0.4, 0.5) is 0 Å². The first kappa shape index (κ1) is 28.9. The van der Waals surface area contributed by atoms with E-state index in [1.165, 1.54) is 6.92 Å². The van der Waals surface area contributed by atoms with E-state index in [0.29, 0.717) is 0 Å². The topological polar surface area (TPSA) is 118 Å². The van der Waals surface area contributed by atoms with Gasteiger partial charge in [0, 0.05) is 20.8 Å². The molecule has 0 aromatic heterocycles. The smallest absolute Gasteiger partial charge is 0.303 e. The second-order valence-corrected chi connectivity index (χ2v) is 9.38. The molecule has 9 heteroatoms. The quantitative estimate of drug-likeness (QED) is 0.244. The molecule has 4 rings (SSSR count). The Bertz CT molecular complexity index is 1180. The van der Waals surface area contributed by atoms with Gasteiger partial charge in [-0.3, -0.25) is 14.4 Å². The van der Waals surface area contributed by atoms with Crippen molar-refractivity contribution in [2.24, 2.45) is 0 Å². The summed E-state index contributed by atoms with van der Waals surface area (Å²) < 4.78 is 28.8. The maximum absolute atomic E-state index is 12.1. The van der Waals surface area contributed by atoms with Gasteiger partial charge >= 0.3 is 17.9 Å². The zero-order valence-electron chi connectivity index (χ0n) is 22.5. The van der Waals surface area contributed by atoms with E-state index in [2.05, 4.69) is 0 Å². The number of carbonyl (C=O) groups excluding carboxylic acids is 3. The van der Waals surface area contributed by atoms with Crippen LogP contribution in [0.25, 0.3) is 0 Å². The molecule has 40 heavy (non-hydrogen) atoms. The molecule has 210 valence electrons. The summed E-state index contributed by atoms with van der Waals surface area (Å²) in [5.74, 6) is -2.15. The fraction of sp³-hybridized carbons (Fsp3) is 0.323. The van der Waals surface area contributed by atoms with Crippen molar-refractivity contribution in [2.75, 3.05) is 6.61 Å². The Morgan fingerprint density at radius 1 is 0.650 bits per heavy atom. The largest absolute Gasteiger partial charge is 0.456 e. The monoisotopic (exact) mass is 548 g/mol. The molecule has 0 amide bonds. The number of esters is 3. The molecule has 1 fully saturated rings. The molecular formula is C31H32O9. The average Bonchev–Trinajstić information content (AvgIpc) is 2.94. The Balaban J connectivity index is 1.79. The Hall–Kier alpha value is -4.05. The minimum absolute atomic E-state index is 0.210. The molecule has 1 saturated heterocycles. The number of carbonyl (C=O) groups is 3. The average molecular weight is 549 g/mol. The molecule has 0 radical (unpaired) electrons. The molecule has 3 aromatic carbocycles. The molecule has 0 spiro atoms. The van der Waals surface area contributed by atoms with Gasteiger partial charge in [0.15, 0.2) is 24.6 Å². The van der Waals surface area contributed by atoms with E-state index in [1.807, 2.05) is 91.0 Å². The van der Waals surface area contributed by atoms with Crippen molar-refractivity contribution in [3.05, 3.63) is 108 Å². The highest BCUT2D eigenvalue weighted by molar-refractivity contribution is 5.68. The van der Waals surface area contributed by atoms with E-state index in [4.69, 9.17) is 23.7 Å². The van der Waals surface area contributed by atoms with E-state index in [1.54, 1.807) is 0 Å². The van der Waals surface area contributed by atoms with Crippen molar-refractivity contribution < 1.29 is 43.2 Å². The number of ether oxygens (including phenoxy) is 5. The molecular weight excluding hydrogens is 516 g/mol. The Morgan fingerprint density at radius 3 is 1.43 bits per heavy atom. The predicted molar refractivity (Wildman–Crippen MR) is 143 cm³/mol. The van der Waals surface area contributed by atoms with Crippen LogP contribution in [0.1, 0.15) is 37.5 Å². The third-order valence-electron chi connectivity index (χ3n) is 6.52. The summed E-state index contributed by atoms with van der Waals surface area (Å²) in [5, 5.41) is 10.8. The molecule has 0 unspecified atom stereocenters. The number of hydrogen-bond donors (Lipinski definition) is 1. The van der Waals surface area contributed by atoms with Crippen LogP contribution >= 0.6 is 0 Å². The highest BCUT2D eigenvalue weighted by atomic mass is 16.7. The van der Waals surface area contributed by atoms with E-state index in [0.717, 1.165) is 30.5 Å². The van der Waals surface area contributed by atoms with Crippen molar-refractivity contribution in [3.8, 4) is 0 Å². The normalized spacial score (nSPS) is 22.6. The van der Waals surface area contributed by atoms with Crippen molar-refractivity contribution >= 4 is 17.9 Å². The minimum Gasteiger partial charge on any atom is -0.456 e. The van der Waals surface area contributed by atoms with Crippen LogP contribution < -0.4 is 0 Å². The van der Waals surface area contributed by atoms with Crippen molar-refractivity contribution in [2.45, 2.75) is 57.1 Å². The molecule has 1 aliphatic rings. The van der Waals surface area contributed by atoms with E-state index in [9.17, 15) is 19.5 Å². The zero-order chi connectivity index (χ0) is 28.7. The van der Waals surface area contributed by atoms with Gasteiger partial charge < -0.3 is 28.8 Å². The Labute approximate surface area is 232 Å². The summed E-state index contributed by atoms with van der Waals surface area (Å²) in [6, 6.07) is 28.8. The van der Waals surface area contributed by atoms with Gasteiger partial charge in [-0.15, -0.1) is 0 Å². The van der Waals surface area contributed by atoms with Crippen molar-refractivity contribution in [1.29, 1.82) is 0 Å². The van der Waals surface area contributed by atoms with Gasteiger partial charge in [-0.1, -0.05) is 91.0 Å². The standard InChI is InChI=1S/C31H32O9/c1-20(32)37-27-26(40-30(35)29(39-22(3)34)28(27)38-21(2)33)19-36-31(23-13-7-4-8-14-23,24-15-9-5-10-16-24)25-17-11-6-12-18-25/h4-18,26-30,35H,19H2,1-3H3/t26-,27+,28-,29-,30-/m1/s1. The molecule has 0 aliphatic carbocycles. The summed E-state index contributed by atoms with van der Waals surface area (Å²) in [6.07, 6.45) is -6.82. The van der Waals surface area contributed by atoms with Crippen LogP contribution in [0.2, 0.25) is 0 Å². The lowest BCUT2D eigenvalue weighted by molar-refractivity contribution is -0.299. The lowest BCUT2D eigenvalue weighted by Crippen LogP contribution is -2.62. The van der Waals surface area contributed by atoms with Crippen LogP contribution in [-0.4, -0.2) is 60.3 Å². The lowest BCUT2D eigenvalue weighted by Gasteiger charge is -2.44. The molecule has 1 aliphatic heterocycles. The maximum atomic E-state index is 12.1. The summed E-state index contributed by atoms with van der Waals surface area (Å²) in [7, 11) is 0. The molecule has 0 saturated carbocycles. The third-order valence-corrected chi connectivity index (χ3v) is 6.52. The zero-order valence-corrected chi connectivity index (χ0v) is 22.5. The molecule has 1 N–H and O–H groups in total. The number of aliphatic hydroxyl groups is 1. The molecule has 5 atom stereocenters. The summed E-state index contributed by atoms with van der Waals surface area (Å²) >= 11 is 0. The predicted octanol–water partition coefficient (Wildman–Crippen LogP) is 3.51. The van der Waals surface area contributed by atoms with Gasteiger partial charge in [0.05, 0.1) is 6.61 Å². The SMILES string of the molecule is CC(=O)O[C@H]1[C@@H](OC(C)=O)[C@H](O)O[C@H](COC(c2ccccc2)(c2ccccc2)c2ccccc2)[C@@H]1OC(C)=O. The summed E-state index contributed by atoms with van der Waals surface area (Å²) in [6.45, 7) is 3.28. The minimum atomic E-state index is -1.69. The molecule has 0 bridgehead atoms. The fourth-order valence-corrected chi connectivity index (χ4v) is 4.98. The Kier molecular flexibility index (Phi) is 9.31. The van der Waals surface area contributed by atoms with Crippen LogP contribution in [0.15, 0.2) is 91.0 Å². The van der Waals surface area contributed by atoms with Gasteiger partial charge in [-0.2, -0.15) is 0 Å². The highest BCUT2D eigenvalue weighted by Crippen LogP contribution is 2.41. The maximum Gasteiger partial charge on any atom is 0.303 e. The van der Waals surface area contributed by atoms with Crippen LogP contribution in [-0.2, 0) is 43.7 Å². The third kappa shape index (κ3) is 6.39. The Morgan fingerprint density at radius 2 is 1.02 bits per heavy atom. The molecule has 9 nitrogen and oxygen atoms in total. The van der Waals surface area contributed by atoms with Crippen LogP contribution in [0, 0.1) is 0 Å². The van der Waals surface area contributed by atoms with Crippen LogP contribution in [0.5, 0.6) is 0 Å². The van der Waals surface area contributed by atoms with Gasteiger partial charge in [0.1, 0.15) is 11.7 Å². The molecule has 3 aromatic rings. The lowest BCUT2D eigenvalue weighted by atomic mass is 9.80. The van der Waals surface area contributed by atoms with E-state index >= 15 is 0 Å². The first-order chi connectivity index (χ1) is 19.2. The number of hydrogen-bond acceptors (Lipinski definition) is 9. The van der Waals surface area contributed by atoms with Crippen molar-refractivity contribution in [1.82, 2.24) is 0 Å². The van der Waals surface area contributed by atoms with Crippen LogP contribution in [0.3, 0.4) is 0 Å². The summed E-state index contributed by atoms with van der Waals surface area (Å²) in [4.78, 5) is 35.9. The summed E-state index contributed by atoms with van der Waals surface area (Å²) in [5.41, 5.74) is 1.33. The number of benzene rings is 3.